The van der Waals surface area contributed by atoms with Crippen LogP contribution in [0.3, 0.4) is 0 Å². The third-order valence-corrected chi connectivity index (χ3v) is 3.84. The van der Waals surface area contributed by atoms with Crippen molar-refractivity contribution in [2.24, 2.45) is 0 Å². The zero-order chi connectivity index (χ0) is 17.0. The van der Waals surface area contributed by atoms with E-state index >= 15 is 0 Å². The Hall–Kier alpha value is -1.56. The number of hydrogen-bond donors (Lipinski definition) is 1. The van der Waals surface area contributed by atoms with Crippen LogP contribution in [0.15, 0.2) is 40.9 Å². The predicted molar refractivity (Wildman–Crippen MR) is 94.8 cm³/mol. The van der Waals surface area contributed by atoms with E-state index in [9.17, 15) is 9.18 Å². The summed E-state index contributed by atoms with van der Waals surface area (Å²) in [6.07, 6.45) is 2.73. The van der Waals surface area contributed by atoms with Crippen molar-refractivity contribution in [1.29, 1.82) is 0 Å². The van der Waals surface area contributed by atoms with Crippen LogP contribution in [-0.2, 0) is 4.79 Å². The van der Waals surface area contributed by atoms with Crippen LogP contribution in [0, 0.1) is 5.82 Å². The molecule has 2 aromatic rings. The number of methoxy groups -OCH3 is 1. The molecule has 0 atom stereocenters. The van der Waals surface area contributed by atoms with Gasteiger partial charge in [-0.3, -0.25) is 4.79 Å². The Kier molecular flexibility index (Phi) is 6.04. The molecule has 23 heavy (non-hydrogen) atoms. The molecule has 0 aliphatic heterocycles. The first kappa shape index (κ1) is 17.8. The van der Waals surface area contributed by atoms with Crippen LogP contribution in [0.2, 0.25) is 10.0 Å². The van der Waals surface area contributed by atoms with Crippen LogP contribution >= 0.6 is 39.1 Å². The third-order valence-electron chi connectivity index (χ3n) is 2.84. The number of ether oxygens (including phenoxy) is 1. The average molecular weight is 419 g/mol. The highest BCUT2D eigenvalue weighted by Gasteiger charge is 2.09. The first-order valence-electron chi connectivity index (χ1n) is 6.38. The van der Waals surface area contributed by atoms with Gasteiger partial charge in [0.1, 0.15) is 11.6 Å². The second-order valence-electron chi connectivity index (χ2n) is 4.46. The molecule has 0 aliphatic carbocycles. The predicted octanol–water partition coefficient (Wildman–Crippen LogP) is 5.56. The smallest absolute Gasteiger partial charge is 0.248 e. The van der Waals surface area contributed by atoms with Crippen LogP contribution in [0.25, 0.3) is 6.08 Å². The van der Waals surface area contributed by atoms with Gasteiger partial charge in [0.05, 0.1) is 17.8 Å². The van der Waals surface area contributed by atoms with Gasteiger partial charge in [-0.25, -0.2) is 4.39 Å². The summed E-state index contributed by atoms with van der Waals surface area (Å²) in [6, 6.07) is 7.50. The Morgan fingerprint density at radius 2 is 2.04 bits per heavy atom. The van der Waals surface area contributed by atoms with Gasteiger partial charge in [-0.1, -0.05) is 39.1 Å². The number of halogens is 4. The summed E-state index contributed by atoms with van der Waals surface area (Å²) in [6.45, 7) is 0. The van der Waals surface area contributed by atoms with E-state index in [1.165, 1.54) is 37.5 Å². The van der Waals surface area contributed by atoms with Crippen LogP contribution in [-0.4, -0.2) is 13.0 Å². The topological polar surface area (TPSA) is 38.3 Å². The van der Waals surface area contributed by atoms with Gasteiger partial charge in [0, 0.05) is 21.1 Å². The number of benzene rings is 2. The van der Waals surface area contributed by atoms with E-state index in [1.807, 2.05) is 0 Å². The van der Waals surface area contributed by atoms with Gasteiger partial charge in [-0.2, -0.15) is 0 Å². The van der Waals surface area contributed by atoms with Gasteiger partial charge in [-0.05, 0) is 36.4 Å². The van der Waals surface area contributed by atoms with Crippen LogP contribution in [0.4, 0.5) is 10.1 Å². The maximum absolute atomic E-state index is 13.7. The first-order valence-corrected chi connectivity index (χ1v) is 7.92. The molecule has 0 aliphatic rings. The molecule has 7 heteroatoms. The zero-order valence-electron chi connectivity index (χ0n) is 11.9. The Bertz CT molecular complexity index is 781. The normalized spacial score (nSPS) is 10.8. The summed E-state index contributed by atoms with van der Waals surface area (Å²) in [5, 5.41) is 3.19. The molecule has 0 radical (unpaired) electrons. The Morgan fingerprint density at radius 1 is 1.30 bits per heavy atom. The number of amides is 1. The molecule has 0 heterocycles. The van der Waals surface area contributed by atoms with Crippen molar-refractivity contribution < 1.29 is 13.9 Å². The van der Waals surface area contributed by atoms with Crippen molar-refractivity contribution in [2.75, 3.05) is 12.4 Å². The number of nitrogens with one attached hydrogen (secondary N) is 1. The van der Waals surface area contributed by atoms with Gasteiger partial charge < -0.3 is 10.1 Å². The second kappa shape index (κ2) is 7.81. The first-order chi connectivity index (χ1) is 10.9. The summed E-state index contributed by atoms with van der Waals surface area (Å²) >= 11 is 15.1. The summed E-state index contributed by atoms with van der Waals surface area (Å²) in [7, 11) is 1.46. The lowest BCUT2D eigenvalue weighted by Crippen LogP contribution is -2.09. The number of anilines is 1. The fraction of sp³-hybridized carbons (Fsp3) is 0.0625. The largest absolute Gasteiger partial charge is 0.495 e. The maximum atomic E-state index is 13.7. The Morgan fingerprint density at radius 3 is 2.70 bits per heavy atom. The fourth-order valence-electron chi connectivity index (χ4n) is 1.85. The van der Waals surface area contributed by atoms with Crippen LogP contribution in [0.1, 0.15) is 5.56 Å². The molecule has 0 spiro atoms. The maximum Gasteiger partial charge on any atom is 0.248 e. The molecular formula is C16H11BrCl2FNO2. The molecule has 120 valence electrons. The molecular weight excluding hydrogens is 408 g/mol. The number of carbonyl (C=O) groups is 1. The molecule has 0 aromatic heterocycles. The minimum Gasteiger partial charge on any atom is -0.495 e. The minimum absolute atomic E-state index is 0.0824. The van der Waals surface area contributed by atoms with E-state index < -0.39 is 11.7 Å². The molecule has 2 rings (SSSR count). The molecule has 0 bridgehead atoms. The van der Waals surface area contributed by atoms with Gasteiger partial charge in [-0.15, -0.1) is 0 Å². The highest BCUT2D eigenvalue weighted by molar-refractivity contribution is 9.10. The molecule has 0 saturated carbocycles. The van der Waals surface area contributed by atoms with Crippen molar-refractivity contribution in [1.82, 2.24) is 0 Å². The highest BCUT2D eigenvalue weighted by Crippen LogP contribution is 2.33. The van der Waals surface area contributed by atoms with Crippen molar-refractivity contribution in [3.63, 3.8) is 0 Å². The minimum atomic E-state index is -0.537. The van der Waals surface area contributed by atoms with Gasteiger partial charge >= 0.3 is 0 Å². The van der Waals surface area contributed by atoms with E-state index in [1.54, 1.807) is 12.1 Å². The van der Waals surface area contributed by atoms with Crippen molar-refractivity contribution in [3.05, 3.63) is 62.3 Å². The lowest BCUT2D eigenvalue weighted by molar-refractivity contribution is -0.111. The molecule has 0 fully saturated rings. The van der Waals surface area contributed by atoms with E-state index in [4.69, 9.17) is 27.9 Å². The number of hydrogen-bond acceptors (Lipinski definition) is 2. The highest BCUT2D eigenvalue weighted by atomic mass is 79.9. The summed E-state index contributed by atoms with van der Waals surface area (Å²) < 4.78 is 19.4. The summed E-state index contributed by atoms with van der Waals surface area (Å²) in [5.74, 6) is -0.635. The summed E-state index contributed by atoms with van der Waals surface area (Å²) in [4.78, 5) is 11.9. The van der Waals surface area contributed by atoms with Crippen LogP contribution in [0.5, 0.6) is 5.75 Å². The average Bonchev–Trinajstić information content (AvgIpc) is 2.47. The SMILES string of the molecule is COc1c(Cl)cc(Cl)cc1/C=C/C(=O)Nc1ccc(Br)cc1F. The van der Waals surface area contributed by atoms with Gasteiger partial charge in [0.15, 0.2) is 0 Å². The van der Waals surface area contributed by atoms with E-state index in [0.29, 0.717) is 25.8 Å². The Labute approximate surface area is 151 Å². The van der Waals surface area contributed by atoms with Crippen LogP contribution < -0.4 is 10.1 Å². The summed E-state index contributed by atoms with van der Waals surface area (Å²) in [5.41, 5.74) is 0.621. The van der Waals surface area contributed by atoms with E-state index in [2.05, 4.69) is 21.2 Å². The van der Waals surface area contributed by atoms with Gasteiger partial charge in [0.2, 0.25) is 5.91 Å². The fourth-order valence-corrected chi connectivity index (χ4v) is 2.77. The number of carbonyl (C=O) groups excluding carboxylic acids is 1. The lowest BCUT2D eigenvalue weighted by atomic mass is 10.2. The third kappa shape index (κ3) is 4.70. The van der Waals surface area contributed by atoms with Crippen molar-refractivity contribution in [2.45, 2.75) is 0 Å². The molecule has 1 amide bonds. The molecule has 3 nitrogen and oxygen atoms in total. The van der Waals surface area contributed by atoms with Crippen molar-refractivity contribution in [3.8, 4) is 5.75 Å². The lowest BCUT2D eigenvalue weighted by Gasteiger charge is -2.08. The number of rotatable bonds is 4. The second-order valence-corrected chi connectivity index (χ2v) is 6.22. The van der Waals surface area contributed by atoms with Crippen molar-refractivity contribution >= 4 is 56.8 Å². The monoisotopic (exact) mass is 417 g/mol. The van der Waals surface area contributed by atoms with E-state index in [-0.39, 0.29) is 5.69 Å². The molecule has 2 aromatic carbocycles. The molecule has 0 saturated heterocycles. The molecule has 1 N–H and O–H groups in total. The molecule has 0 unspecified atom stereocenters. The standard InChI is InChI=1S/C16H11BrCl2FNO2/c1-23-16-9(6-11(18)8-12(16)19)2-5-15(22)21-14-4-3-10(17)7-13(14)20/h2-8H,1H3,(H,21,22)/b5-2+. The van der Waals surface area contributed by atoms with Gasteiger partial charge in [0.25, 0.3) is 0 Å². The zero-order valence-corrected chi connectivity index (χ0v) is 15.0. The van der Waals surface area contributed by atoms with E-state index in [0.717, 1.165) is 0 Å². The quantitative estimate of drug-likeness (QED) is 0.660. The Balaban J connectivity index is 2.18.